The highest BCUT2D eigenvalue weighted by atomic mass is 19.1. The average Bonchev–Trinajstić information content (AvgIpc) is 2.46. The first-order valence-electron chi connectivity index (χ1n) is 6.34. The first-order valence-corrected chi connectivity index (χ1v) is 6.34. The van der Waals surface area contributed by atoms with Crippen molar-refractivity contribution in [1.82, 2.24) is 0 Å². The molecule has 1 N–H and O–H groups in total. The van der Waals surface area contributed by atoms with Crippen molar-refractivity contribution in [2.24, 2.45) is 0 Å². The minimum Gasteiger partial charge on any atom is -0.497 e. The van der Waals surface area contributed by atoms with E-state index < -0.39 is 0 Å². The molecule has 0 aliphatic heterocycles. The minimum absolute atomic E-state index is 0.214. The van der Waals surface area contributed by atoms with Crippen molar-refractivity contribution < 1.29 is 13.9 Å². The summed E-state index contributed by atoms with van der Waals surface area (Å²) in [7, 11) is 3.23. The van der Waals surface area contributed by atoms with Gasteiger partial charge in [-0.05, 0) is 30.2 Å². The molecular weight excluding hydrogens is 257 g/mol. The van der Waals surface area contributed by atoms with Gasteiger partial charge in [0.05, 0.1) is 14.2 Å². The highest BCUT2D eigenvalue weighted by molar-refractivity contribution is 5.54. The second-order valence-corrected chi connectivity index (χ2v) is 4.53. The molecule has 0 aromatic heterocycles. The van der Waals surface area contributed by atoms with E-state index in [1.54, 1.807) is 20.3 Å². The van der Waals surface area contributed by atoms with Crippen molar-refractivity contribution in [3.05, 3.63) is 53.3 Å². The topological polar surface area (TPSA) is 30.5 Å². The fourth-order valence-electron chi connectivity index (χ4n) is 1.96. The summed E-state index contributed by atoms with van der Waals surface area (Å²) in [5.74, 6) is 1.24. The maximum atomic E-state index is 13.1. The monoisotopic (exact) mass is 275 g/mol. The van der Waals surface area contributed by atoms with Crippen LogP contribution in [0, 0.1) is 12.7 Å². The van der Waals surface area contributed by atoms with Crippen LogP contribution in [0.4, 0.5) is 10.1 Å². The number of hydrogen-bond donors (Lipinski definition) is 1. The van der Waals surface area contributed by atoms with Crippen molar-refractivity contribution in [1.29, 1.82) is 0 Å². The third kappa shape index (κ3) is 3.41. The molecule has 0 fully saturated rings. The lowest BCUT2D eigenvalue weighted by Gasteiger charge is -2.12. The first kappa shape index (κ1) is 14.2. The second-order valence-electron chi connectivity index (χ2n) is 4.53. The van der Waals surface area contributed by atoms with Crippen LogP contribution >= 0.6 is 0 Å². The molecule has 0 unspecified atom stereocenters. The molecule has 0 aliphatic carbocycles. The van der Waals surface area contributed by atoms with E-state index in [1.807, 2.05) is 25.1 Å². The molecule has 106 valence electrons. The van der Waals surface area contributed by atoms with Crippen LogP contribution in [-0.4, -0.2) is 14.2 Å². The molecule has 2 aromatic carbocycles. The van der Waals surface area contributed by atoms with Gasteiger partial charge in [-0.15, -0.1) is 0 Å². The van der Waals surface area contributed by atoms with E-state index in [0.717, 1.165) is 28.3 Å². The van der Waals surface area contributed by atoms with Crippen LogP contribution < -0.4 is 14.8 Å². The van der Waals surface area contributed by atoms with E-state index >= 15 is 0 Å². The number of halogens is 1. The molecule has 2 rings (SSSR count). The van der Waals surface area contributed by atoms with Crippen LogP contribution in [-0.2, 0) is 6.54 Å². The molecule has 3 nitrogen and oxygen atoms in total. The highest BCUT2D eigenvalue weighted by Crippen LogP contribution is 2.26. The molecule has 0 radical (unpaired) electrons. The summed E-state index contributed by atoms with van der Waals surface area (Å²) in [5.41, 5.74) is 2.87. The Hall–Kier alpha value is -2.23. The summed E-state index contributed by atoms with van der Waals surface area (Å²) in [6.07, 6.45) is 0. The molecular formula is C16H18FNO2. The summed E-state index contributed by atoms with van der Waals surface area (Å²) in [6.45, 7) is 2.51. The van der Waals surface area contributed by atoms with E-state index in [9.17, 15) is 4.39 Å². The Morgan fingerprint density at radius 2 is 1.65 bits per heavy atom. The summed E-state index contributed by atoms with van der Waals surface area (Å²) >= 11 is 0. The zero-order valence-corrected chi connectivity index (χ0v) is 11.9. The molecule has 0 atom stereocenters. The zero-order valence-electron chi connectivity index (χ0n) is 11.9. The molecule has 2 aromatic rings. The van der Waals surface area contributed by atoms with Gasteiger partial charge in [0.25, 0.3) is 0 Å². The molecule has 0 aliphatic rings. The number of benzene rings is 2. The number of nitrogens with one attached hydrogen (secondary N) is 1. The Balaban J connectivity index is 2.13. The van der Waals surface area contributed by atoms with Gasteiger partial charge in [-0.2, -0.15) is 0 Å². The number of hydrogen-bond acceptors (Lipinski definition) is 3. The Labute approximate surface area is 118 Å². The number of methoxy groups -OCH3 is 2. The first-order chi connectivity index (χ1) is 9.62. The van der Waals surface area contributed by atoms with Gasteiger partial charge in [0.2, 0.25) is 0 Å². The summed E-state index contributed by atoms with van der Waals surface area (Å²) in [6, 6.07) is 10.4. The predicted molar refractivity (Wildman–Crippen MR) is 78.0 cm³/mol. The average molecular weight is 275 g/mol. The lowest BCUT2D eigenvalue weighted by molar-refractivity contribution is 0.394. The van der Waals surface area contributed by atoms with Crippen LogP contribution in [0.2, 0.25) is 0 Å². The number of anilines is 1. The fourth-order valence-corrected chi connectivity index (χ4v) is 1.96. The van der Waals surface area contributed by atoms with Gasteiger partial charge < -0.3 is 14.8 Å². The molecule has 0 bridgehead atoms. The SMILES string of the molecule is COc1cc(NCc2ccc(F)cc2C)cc(OC)c1. The van der Waals surface area contributed by atoms with Crippen LogP contribution in [0.25, 0.3) is 0 Å². The van der Waals surface area contributed by atoms with Gasteiger partial charge in [-0.1, -0.05) is 6.07 Å². The molecule has 0 saturated carbocycles. The van der Waals surface area contributed by atoms with E-state index in [2.05, 4.69) is 5.32 Å². The number of rotatable bonds is 5. The lowest BCUT2D eigenvalue weighted by atomic mass is 10.1. The normalized spacial score (nSPS) is 10.2. The molecule has 4 heteroatoms. The Morgan fingerprint density at radius 1 is 1.00 bits per heavy atom. The summed E-state index contributed by atoms with van der Waals surface area (Å²) < 4.78 is 23.5. The van der Waals surface area contributed by atoms with Crippen molar-refractivity contribution in [2.45, 2.75) is 13.5 Å². The van der Waals surface area contributed by atoms with Crippen molar-refractivity contribution in [3.8, 4) is 11.5 Å². The van der Waals surface area contributed by atoms with Crippen LogP contribution in [0.5, 0.6) is 11.5 Å². The molecule has 0 amide bonds. The molecule has 20 heavy (non-hydrogen) atoms. The smallest absolute Gasteiger partial charge is 0.124 e. The molecule has 0 spiro atoms. The standard InChI is InChI=1S/C16H18FNO2/c1-11-6-13(17)5-4-12(11)10-18-14-7-15(19-2)9-16(8-14)20-3/h4-9,18H,10H2,1-3H3. The minimum atomic E-state index is -0.214. The van der Waals surface area contributed by atoms with E-state index in [1.165, 1.54) is 12.1 Å². The maximum absolute atomic E-state index is 13.1. The number of aryl methyl sites for hydroxylation is 1. The summed E-state index contributed by atoms with van der Waals surface area (Å²) in [4.78, 5) is 0. The number of ether oxygens (including phenoxy) is 2. The van der Waals surface area contributed by atoms with Crippen LogP contribution in [0.1, 0.15) is 11.1 Å². The maximum Gasteiger partial charge on any atom is 0.124 e. The van der Waals surface area contributed by atoms with E-state index in [-0.39, 0.29) is 5.82 Å². The van der Waals surface area contributed by atoms with Crippen molar-refractivity contribution in [3.63, 3.8) is 0 Å². The molecule has 0 heterocycles. The van der Waals surface area contributed by atoms with Gasteiger partial charge in [-0.25, -0.2) is 4.39 Å². The third-order valence-electron chi connectivity index (χ3n) is 3.14. The van der Waals surface area contributed by atoms with Gasteiger partial charge in [0.15, 0.2) is 0 Å². The zero-order chi connectivity index (χ0) is 14.5. The Morgan fingerprint density at radius 3 is 2.20 bits per heavy atom. The van der Waals surface area contributed by atoms with Crippen LogP contribution in [0.15, 0.2) is 36.4 Å². The van der Waals surface area contributed by atoms with Gasteiger partial charge >= 0.3 is 0 Å². The van der Waals surface area contributed by atoms with E-state index in [0.29, 0.717) is 6.54 Å². The second kappa shape index (κ2) is 6.28. The van der Waals surface area contributed by atoms with Crippen molar-refractivity contribution >= 4 is 5.69 Å². The fraction of sp³-hybridized carbons (Fsp3) is 0.250. The highest BCUT2D eigenvalue weighted by Gasteiger charge is 2.03. The largest absolute Gasteiger partial charge is 0.497 e. The Bertz CT molecular complexity index is 577. The van der Waals surface area contributed by atoms with Gasteiger partial charge in [0.1, 0.15) is 17.3 Å². The summed E-state index contributed by atoms with van der Waals surface area (Å²) in [5, 5.41) is 3.29. The van der Waals surface area contributed by atoms with Crippen LogP contribution in [0.3, 0.4) is 0 Å². The van der Waals surface area contributed by atoms with Gasteiger partial charge in [0, 0.05) is 30.4 Å². The Kier molecular flexibility index (Phi) is 4.45. The third-order valence-corrected chi connectivity index (χ3v) is 3.14. The van der Waals surface area contributed by atoms with Crippen molar-refractivity contribution in [2.75, 3.05) is 19.5 Å². The van der Waals surface area contributed by atoms with E-state index in [4.69, 9.17) is 9.47 Å². The lowest BCUT2D eigenvalue weighted by Crippen LogP contribution is -2.02. The van der Waals surface area contributed by atoms with Gasteiger partial charge in [-0.3, -0.25) is 0 Å². The molecule has 0 saturated heterocycles. The quantitative estimate of drug-likeness (QED) is 0.901. The predicted octanol–water partition coefficient (Wildman–Crippen LogP) is 3.76.